The highest BCUT2D eigenvalue weighted by molar-refractivity contribution is 5.78. The number of ether oxygens (including phenoxy) is 2. The molecule has 1 N–H and O–H groups in total. The van der Waals surface area contributed by atoms with Gasteiger partial charge in [0.1, 0.15) is 18.2 Å². The highest BCUT2D eigenvalue weighted by atomic mass is 16.5. The molecular formula is C11H17N3O3. The van der Waals surface area contributed by atoms with Gasteiger partial charge < -0.3 is 14.8 Å². The summed E-state index contributed by atoms with van der Waals surface area (Å²) in [6.45, 7) is 4.31. The monoisotopic (exact) mass is 239 g/mol. The first-order chi connectivity index (χ1) is 8.17. The Balaban J connectivity index is 2.62. The molecule has 0 amide bonds. The van der Waals surface area contributed by atoms with Crippen molar-refractivity contribution in [3.63, 3.8) is 0 Å². The highest BCUT2D eigenvalue weighted by Gasteiger charge is 2.13. The molecule has 6 heteroatoms. The van der Waals surface area contributed by atoms with E-state index in [0.717, 1.165) is 6.42 Å². The van der Waals surface area contributed by atoms with E-state index in [0.29, 0.717) is 18.3 Å². The maximum atomic E-state index is 11.2. The minimum Gasteiger partial charge on any atom is -0.478 e. The molecule has 0 fully saturated rings. The molecular weight excluding hydrogens is 222 g/mol. The van der Waals surface area contributed by atoms with Gasteiger partial charge in [-0.25, -0.2) is 14.8 Å². The fraction of sp³-hybridized carbons (Fsp3) is 0.545. The van der Waals surface area contributed by atoms with Gasteiger partial charge in [-0.05, 0) is 13.3 Å². The van der Waals surface area contributed by atoms with Crippen molar-refractivity contribution in [2.75, 3.05) is 19.0 Å². The molecule has 1 aromatic rings. The number of carbonyl (C=O) groups excluding carboxylic acids is 1. The molecule has 1 unspecified atom stereocenters. The van der Waals surface area contributed by atoms with Crippen LogP contribution in [0.25, 0.3) is 0 Å². The second-order valence-electron chi connectivity index (χ2n) is 3.48. The summed E-state index contributed by atoms with van der Waals surface area (Å²) in [5, 5.41) is 2.90. The molecule has 0 spiro atoms. The van der Waals surface area contributed by atoms with Crippen molar-refractivity contribution in [3.05, 3.63) is 12.4 Å². The number of methoxy groups -OCH3 is 1. The summed E-state index contributed by atoms with van der Waals surface area (Å²) in [5.74, 6) is 0.671. The number of esters is 1. The fourth-order valence-electron chi connectivity index (χ4n) is 1.16. The smallest absolute Gasteiger partial charge is 0.328 e. The second-order valence-corrected chi connectivity index (χ2v) is 3.48. The van der Waals surface area contributed by atoms with Crippen molar-refractivity contribution >= 4 is 11.8 Å². The van der Waals surface area contributed by atoms with Crippen LogP contribution in [-0.2, 0) is 9.53 Å². The lowest BCUT2D eigenvalue weighted by Gasteiger charge is -2.12. The number of hydrogen-bond donors (Lipinski definition) is 1. The highest BCUT2D eigenvalue weighted by Crippen LogP contribution is 2.12. The Labute approximate surface area is 100 Å². The third-order valence-corrected chi connectivity index (χ3v) is 2.02. The van der Waals surface area contributed by atoms with Crippen LogP contribution in [0.4, 0.5) is 5.82 Å². The maximum Gasteiger partial charge on any atom is 0.328 e. The van der Waals surface area contributed by atoms with E-state index < -0.39 is 6.04 Å². The number of rotatable bonds is 6. The third-order valence-electron chi connectivity index (χ3n) is 2.02. The Morgan fingerprint density at radius 3 is 2.94 bits per heavy atom. The average molecular weight is 239 g/mol. The number of carbonyl (C=O) groups is 1. The van der Waals surface area contributed by atoms with Gasteiger partial charge in [0, 0.05) is 6.07 Å². The van der Waals surface area contributed by atoms with Crippen molar-refractivity contribution < 1.29 is 14.3 Å². The number of anilines is 1. The third kappa shape index (κ3) is 4.26. The Kier molecular flexibility index (Phi) is 5.19. The van der Waals surface area contributed by atoms with Gasteiger partial charge in [0.2, 0.25) is 5.88 Å². The van der Waals surface area contributed by atoms with Crippen LogP contribution < -0.4 is 10.1 Å². The molecule has 17 heavy (non-hydrogen) atoms. The van der Waals surface area contributed by atoms with E-state index in [1.807, 2.05) is 6.92 Å². The van der Waals surface area contributed by atoms with E-state index in [4.69, 9.17) is 4.74 Å². The van der Waals surface area contributed by atoms with Crippen LogP contribution in [0.2, 0.25) is 0 Å². The van der Waals surface area contributed by atoms with Crippen LogP contribution in [0, 0.1) is 0 Å². The molecule has 0 saturated heterocycles. The van der Waals surface area contributed by atoms with Gasteiger partial charge in [0.15, 0.2) is 0 Å². The zero-order valence-electron chi connectivity index (χ0n) is 10.3. The van der Waals surface area contributed by atoms with Gasteiger partial charge in [0.25, 0.3) is 0 Å². The van der Waals surface area contributed by atoms with Crippen LogP contribution in [0.1, 0.15) is 20.3 Å². The lowest BCUT2D eigenvalue weighted by atomic mass is 10.3. The summed E-state index contributed by atoms with van der Waals surface area (Å²) >= 11 is 0. The lowest BCUT2D eigenvalue weighted by molar-refractivity contribution is -0.141. The minimum absolute atomic E-state index is 0.348. The van der Waals surface area contributed by atoms with Crippen LogP contribution in [0.15, 0.2) is 12.4 Å². The van der Waals surface area contributed by atoms with Gasteiger partial charge >= 0.3 is 5.97 Å². The zero-order chi connectivity index (χ0) is 12.7. The van der Waals surface area contributed by atoms with Crippen LogP contribution >= 0.6 is 0 Å². The number of hydrogen-bond acceptors (Lipinski definition) is 6. The van der Waals surface area contributed by atoms with Crippen molar-refractivity contribution in [2.24, 2.45) is 0 Å². The summed E-state index contributed by atoms with van der Waals surface area (Å²) in [7, 11) is 1.34. The summed E-state index contributed by atoms with van der Waals surface area (Å²) in [6, 6.07) is 1.18. The molecule has 1 atom stereocenters. The van der Waals surface area contributed by atoms with E-state index in [2.05, 4.69) is 20.0 Å². The standard InChI is InChI=1S/C11H17N3O3/c1-4-5-17-10-6-9(12-7-13-10)14-8(2)11(15)16-3/h6-8H,4-5H2,1-3H3,(H,12,13,14). The van der Waals surface area contributed by atoms with Gasteiger partial charge in [0.05, 0.1) is 13.7 Å². The first kappa shape index (κ1) is 13.2. The van der Waals surface area contributed by atoms with Crippen molar-refractivity contribution in [3.8, 4) is 5.88 Å². The Hall–Kier alpha value is -1.85. The number of nitrogens with zero attached hydrogens (tertiary/aromatic N) is 2. The van der Waals surface area contributed by atoms with Gasteiger partial charge in [-0.2, -0.15) is 0 Å². The normalized spacial score (nSPS) is 11.7. The molecule has 0 radical (unpaired) electrons. The topological polar surface area (TPSA) is 73.3 Å². The number of aromatic nitrogens is 2. The maximum absolute atomic E-state index is 11.2. The van der Waals surface area contributed by atoms with Crippen molar-refractivity contribution in [1.29, 1.82) is 0 Å². The predicted octanol–water partition coefficient (Wildman–Crippen LogP) is 1.24. The summed E-state index contributed by atoms with van der Waals surface area (Å²) in [5.41, 5.74) is 0. The van der Waals surface area contributed by atoms with Gasteiger partial charge in [-0.15, -0.1) is 0 Å². The molecule has 6 nitrogen and oxygen atoms in total. The zero-order valence-corrected chi connectivity index (χ0v) is 10.3. The molecule has 1 rings (SSSR count). The fourth-order valence-corrected chi connectivity index (χ4v) is 1.16. The van der Waals surface area contributed by atoms with Crippen molar-refractivity contribution in [1.82, 2.24) is 9.97 Å². The molecule has 0 aliphatic carbocycles. The second kappa shape index (κ2) is 6.67. The summed E-state index contributed by atoms with van der Waals surface area (Å²) in [6.07, 6.45) is 2.29. The summed E-state index contributed by atoms with van der Waals surface area (Å²) in [4.78, 5) is 19.2. The van der Waals surface area contributed by atoms with E-state index in [1.54, 1.807) is 13.0 Å². The summed E-state index contributed by atoms with van der Waals surface area (Å²) < 4.78 is 9.96. The molecule has 0 aliphatic heterocycles. The van der Waals surface area contributed by atoms with Crippen molar-refractivity contribution in [2.45, 2.75) is 26.3 Å². The Morgan fingerprint density at radius 1 is 1.53 bits per heavy atom. The van der Waals surface area contributed by atoms with E-state index in [9.17, 15) is 4.79 Å². The lowest BCUT2D eigenvalue weighted by Crippen LogP contribution is -2.27. The van der Waals surface area contributed by atoms with Gasteiger partial charge in [-0.3, -0.25) is 0 Å². The molecule has 0 aliphatic rings. The first-order valence-corrected chi connectivity index (χ1v) is 5.46. The molecule has 0 bridgehead atoms. The average Bonchev–Trinajstić information content (AvgIpc) is 2.35. The molecule has 1 heterocycles. The first-order valence-electron chi connectivity index (χ1n) is 5.46. The quantitative estimate of drug-likeness (QED) is 0.753. The minimum atomic E-state index is -0.464. The SMILES string of the molecule is CCCOc1cc(NC(C)C(=O)OC)ncn1. The number of nitrogens with one attached hydrogen (secondary N) is 1. The predicted molar refractivity (Wildman–Crippen MR) is 62.9 cm³/mol. The van der Waals surface area contributed by atoms with Crippen LogP contribution in [0.5, 0.6) is 5.88 Å². The van der Waals surface area contributed by atoms with Gasteiger partial charge in [-0.1, -0.05) is 6.92 Å². The Bertz CT molecular complexity index is 371. The van der Waals surface area contributed by atoms with E-state index in [1.165, 1.54) is 13.4 Å². The van der Waals surface area contributed by atoms with E-state index in [-0.39, 0.29) is 5.97 Å². The van der Waals surface area contributed by atoms with E-state index >= 15 is 0 Å². The Morgan fingerprint density at radius 2 is 2.29 bits per heavy atom. The molecule has 0 saturated carbocycles. The van der Waals surface area contributed by atoms with Crippen LogP contribution in [0.3, 0.4) is 0 Å². The molecule has 94 valence electrons. The largest absolute Gasteiger partial charge is 0.478 e. The van der Waals surface area contributed by atoms with Crippen LogP contribution in [-0.4, -0.2) is 35.7 Å². The molecule has 0 aromatic carbocycles. The molecule has 1 aromatic heterocycles.